The molecule has 3 N–H and O–H groups in total. The van der Waals surface area contributed by atoms with Gasteiger partial charge in [-0.25, -0.2) is 10.4 Å². The molecule has 0 amide bonds. The van der Waals surface area contributed by atoms with Crippen LogP contribution in [0.15, 0.2) is 0 Å². The van der Waals surface area contributed by atoms with Gasteiger partial charge in [-0.15, -0.1) is 0 Å². The SMILES string of the molecule is NCC1(NN2CCOCC2)CCN2CCCCC21. The average molecular weight is 254 g/mol. The number of nitrogens with zero attached hydrogens (tertiary/aromatic N) is 2. The maximum Gasteiger partial charge on any atom is 0.0614 e. The highest BCUT2D eigenvalue weighted by Crippen LogP contribution is 2.34. The van der Waals surface area contributed by atoms with E-state index >= 15 is 0 Å². The van der Waals surface area contributed by atoms with Crippen LogP contribution in [0.4, 0.5) is 0 Å². The summed E-state index contributed by atoms with van der Waals surface area (Å²) in [4.78, 5) is 2.64. The number of nitrogens with one attached hydrogen (secondary N) is 1. The molecule has 0 saturated carbocycles. The molecule has 104 valence electrons. The zero-order valence-electron chi connectivity index (χ0n) is 11.2. The van der Waals surface area contributed by atoms with Gasteiger partial charge < -0.3 is 10.5 Å². The number of nitrogens with two attached hydrogens (primary N) is 1. The summed E-state index contributed by atoms with van der Waals surface area (Å²) in [7, 11) is 0. The highest BCUT2D eigenvalue weighted by atomic mass is 16.5. The van der Waals surface area contributed by atoms with E-state index < -0.39 is 0 Å². The van der Waals surface area contributed by atoms with E-state index in [-0.39, 0.29) is 5.54 Å². The maximum atomic E-state index is 6.15. The molecule has 3 aliphatic rings. The van der Waals surface area contributed by atoms with Gasteiger partial charge in [0.15, 0.2) is 0 Å². The van der Waals surface area contributed by atoms with Crippen molar-refractivity contribution in [3.63, 3.8) is 0 Å². The van der Waals surface area contributed by atoms with Gasteiger partial charge >= 0.3 is 0 Å². The summed E-state index contributed by atoms with van der Waals surface area (Å²) in [6, 6.07) is 0.638. The number of rotatable bonds is 3. The second kappa shape index (κ2) is 5.43. The molecule has 0 aliphatic carbocycles. The summed E-state index contributed by atoms with van der Waals surface area (Å²) in [5.74, 6) is 0. The highest BCUT2D eigenvalue weighted by Gasteiger charge is 2.47. The number of morpholine rings is 1. The smallest absolute Gasteiger partial charge is 0.0614 e. The molecule has 0 radical (unpaired) electrons. The Morgan fingerprint density at radius 3 is 2.78 bits per heavy atom. The van der Waals surface area contributed by atoms with Gasteiger partial charge in [0.05, 0.1) is 18.8 Å². The monoisotopic (exact) mass is 254 g/mol. The van der Waals surface area contributed by atoms with Crippen molar-refractivity contribution in [2.75, 3.05) is 45.9 Å². The van der Waals surface area contributed by atoms with Crippen LogP contribution in [0, 0.1) is 0 Å². The van der Waals surface area contributed by atoms with Crippen LogP contribution in [0.2, 0.25) is 0 Å². The Bertz CT molecular complexity index is 282. The number of hydrogen-bond acceptors (Lipinski definition) is 5. The molecule has 3 aliphatic heterocycles. The van der Waals surface area contributed by atoms with Gasteiger partial charge in [-0.2, -0.15) is 0 Å². The Balaban J connectivity index is 1.69. The van der Waals surface area contributed by atoms with Crippen LogP contribution in [-0.2, 0) is 4.74 Å². The van der Waals surface area contributed by atoms with Crippen molar-refractivity contribution in [2.24, 2.45) is 5.73 Å². The first-order chi connectivity index (χ1) is 8.84. The zero-order chi connectivity index (χ0) is 12.4. The average Bonchev–Trinajstić information content (AvgIpc) is 2.80. The van der Waals surface area contributed by atoms with Gasteiger partial charge in [0, 0.05) is 32.2 Å². The summed E-state index contributed by atoms with van der Waals surface area (Å²) in [6.07, 6.45) is 5.20. The van der Waals surface area contributed by atoms with E-state index in [2.05, 4.69) is 15.3 Å². The van der Waals surface area contributed by atoms with Crippen molar-refractivity contribution in [1.29, 1.82) is 0 Å². The minimum absolute atomic E-state index is 0.109. The molecule has 18 heavy (non-hydrogen) atoms. The molecule has 2 atom stereocenters. The number of ether oxygens (including phenoxy) is 1. The van der Waals surface area contributed by atoms with Gasteiger partial charge in [0.1, 0.15) is 0 Å². The van der Waals surface area contributed by atoms with E-state index in [9.17, 15) is 0 Å². The summed E-state index contributed by atoms with van der Waals surface area (Å²) < 4.78 is 5.41. The molecule has 3 fully saturated rings. The summed E-state index contributed by atoms with van der Waals surface area (Å²) in [5.41, 5.74) is 10.0. The van der Waals surface area contributed by atoms with E-state index in [0.29, 0.717) is 6.04 Å². The molecule has 2 unspecified atom stereocenters. The fraction of sp³-hybridized carbons (Fsp3) is 1.00. The fourth-order valence-electron chi connectivity index (χ4n) is 3.80. The van der Waals surface area contributed by atoms with Crippen molar-refractivity contribution >= 4 is 0 Å². The quantitative estimate of drug-likeness (QED) is 0.729. The van der Waals surface area contributed by atoms with Crippen LogP contribution in [-0.4, -0.2) is 67.4 Å². The van der Waals surface area contributed by atoms with Crippen LogP contribution in [0.3, 0.4) is 0 Å². The molecule has 5 heteroatoms. The molecule has 3 saturated heterocycles. The third kappa shape index (κ3) is 2.30. The largest absolute Gasteiger partial charge is 0.379 e. The molecule has 0 bridgehead atoms. The molecular weight excluding hydrogens is 228 g/mol. The summed E-state index contributed by atoms with van der Waals surface area (Å²) in [5, 5.41) is 2.33. The molecule has 5 nitrogen and oxygen atoms in total. The number of hydrazine groups is 1. The number of hydrogen-bond donors (Lipinski definition) is 2. The molecule has 0 aromatic rings. The normalized spacial score (nSPS) is 38.8. The molecule has 0 aromatic carbocycles. The lowest BCUT2D eigenvalue weighted by Crippen LogP contribution is -2.66. The Hall–Kier alpha value is -0.200. The fourth-order valence-corrected chi connectivity index (χ4v) is 3.80. The minimum Gasteiger partial charge on any atom is -0.379 e. The summed E-state index contributed by atoms with van der Waals surface area (Å²) in [6.45, 7) is 6.84. The van der Waals surface area contributed by atoms with Crippen LogP contribution in [0.25, 0.3) is 0 Å². The molecule has 3 rings (SSSR count). The number of piperidine rings is 1. The van der Waals surface area contributed by atoms with Gasteiger partial charge in [0.2, 0.25) is 0 Å². The lowest BCUT2D eigenvalue weighted by molar-refractivity contribution is -0.0211. The highest BCUT2D eigenvalue weighted by molar-refractivity contribution is 5.07. The Morgan fingerprint density at radius 1 is 1.17 bits per heavy atom. The van der Waals surface area contributed by atoms with Crippen LogP contribution in [0.5, 0.6) is 0 Å². The summed E-state index contributed by atoms with van der Waals surface area (Å²) >= 11 is 0. The van der Waals surface area contributed by atoms with Crippen molar-refractivity contribution in [3.8, 4) is 0 Å². The molecular formula is C13H26N4O. The van der Waals surface area contributed by atoms with Crippen LogP contribution < -0.4 is 11.2 Å². The van der Waals surface area contributed by atoms with E-state index in [1.807, 2.05) is 0 Å². The second-order valence-electron chi connectivity index (χ2n) is 5.87. The third-order valence-corrected chi connectivity index (χ3v) is 4.85. The molecule has 0 spiro atoms. The van der Waals surface area contributed by atoms with E-state index in [1.165, 1.54) is 38.8 Å². The Labute approximate surface area is 110 Å². The van der Waals surface area contributed by atoms with Gasteiger partial charge in [0.25, 0.3) is 0 Å². The number of fused-ring (bicyclic) bond motifs is 1. The molecule has 3 heterocycles. The first-order valence-corrected chi connectivity index (χ1v) is 7.39. The van der Waals surface area contributed by atoms with Crippen LogP contribution in [0.1, 0.15) is 25.7 Å². The minimum atomic E-state index is 0.109. The maximum absolute atomic E-state index is 6.15. The van der Waals surface area contributed by atoms with Crippen molar-refractivity contribution < 1.29 is 4.74 Å². The van der Waals surface area contributed by atoms with Gasteiger partial charge in [-0.3, -0.25) is 4.90 Å². The predicted molar refractivity (Wildman–Crippen MR) is 71.1 cm³/mol. The van der Waals surface area contributed by atoms with E-state index in [0.717, 1.165) is 32.8 Å². The first-order valence-electron chi connectivity index (χ1n) is 7.39. The van der Waals surface area contributed by atoms with Crippen molar-refractivity contribution in [3.05, 3.63) is 0 Å². The van der Waals surface area contributed by atoms with Gasteiger partial charge in [-0.1, -0.05) is 6.42 Å². The lowest BCUT2D eigenvalue weighted by Gasteiger charge is -2.44. The second-order valence-corrected chi connectivity index (χ2v) is 5.87. The third-order valence-electron chi connectivity index (χ3n) is 4.85. The van der Waals surface area contributed by atoms with Crippen LogP contribution >= 0.6 is 0 Å². The van der Waals surface area contributed by atoms with E-state index in [1.54, 1.807) is 0 Å². The predicted octanol–water partition coefficient (Wildman–Crippen LogP) is -0.221. The topological polar surface area (TPSA) is 53.8 Å². The zero-order valence-corrected chi connectivity index (χ0v) is 11.2. The van der Waals surface area contributed by atoms with Crippen molar-refractivity contribution in [1.82, 2.24) is 15.3 Å². The van der Waals surface area contributed by atoms with Gasteiger partial charge in [-0.05, 0) is 25.8 Å². The lowest BCUT2D eigenvalue weighted by atomic mass is 9.86. The Morgan fingerprint density at radius 2 is 2.00 bits per heavy atom. The van der Waals surface area contributed by atoms with E-state index in [4.69, 9.17) is 10.5 Å². The molecule has 0 aromatic heterocycles. The first kappa shape index (κ1) is 12.8. The van der Waals surface area contributed by atoms with Crippen molar-refractivity contribution in [2.45, 2.75) is 37.3 Å². The standard InChI is InChI=1S/C13H26N4O/c14-11-13(15-17-7-9-18-10-8-17)4-6-16-5-2-1-3-12(13)16/h12,15H,1-11,14H2. The Kier molecular flexibility index (Phi) is 3.86.